The van der Waals surface area contributed by atoms with Gasteiger partial charge in [-0.1, -0.05) is 0 Å². The van der Waals surface area contributed by atoms with Crippen LogP contribution in [0, 0.1) is 0 Å². The lowest BCUT2D eigenvalue weighted by Gasteiger charge is -2.06. The molecule has 0 aromatic carbocycles. The molecule has 2 aromatic rings. The molecule has 0 saturated heterocycles. The molecule has 0 aliphatic heterocycles. The highest BCUT2D eigenvalue weighted by atomic mass is 35.5. The summed E-state index contributed by atoms with van der Waals surface area (Å²) in [4.78, 5) is 10.5. The quantitative estimate of drug-likeness (QED) is 0.676. The molecule has 1 N–H and O–H groups in total. The second-order valence-corrected chi connectivity index (χ2v) is 4.10. The molecule has 0 saturated carbocycles. The summed E-state index contributed by atoms with van der Waals surface area (Å²) in [5, 5.41) is 5.92. The van der Waals surface area contributed by atoms with E-state index in [2.05, 4.69) is 25.1 Å². The molecule has 0 amide bonds. The van der Waals surface area contributed by atoms with Crippen molar-refractivity contribution in [2.45, 2.75) is 16.4 Å². The third kappa shape index (κ3) is 3.07. The van der Waals surface area contributed by atoms with E-state index >= 15 is 0 Å². The number of hydrogen-bond acceptors (Lipinski definition) is 5. The van der Waals surface area contributed by atoms with Crippen LogP contribution in [0.5, 0.6) is 0 Å². The Bertz CT molecular complexity index is 515. The van der Waals surface area contributed by atoms with E-state index < -0.39 is 17.2 Å². The predicted molar refractivity (Wildman–Crippen MR) is 52.5 cm³/mol. The van der Waals surface area contributed by atoms with E-state index in [0.717, 1.165) is 17.8 Å². The minimum absolute atomic E-state index is 0.0362. The number of aromatic amines is 1. The zero-order valence-corrected chi connectivity index (χ0v) is 9.44. The van der Waals surface area contributed by atoms with Crippen LogP contribution in [-0.4, -0.2) is 25.1 Å². The number of rotatable bonds is 2. The van der Waals surface area contributed by atoms with Gasteiger partial charge in [-0.3, -0.25) is 5.10 Å². The summed E-state index contributed by atoms with van der Waals surface area (Å²) in [6, 6.07) is 0.791. The summed E-state index contributed by atoms with van der Waals surface area (Å²) >= 11 is 6.29. The molecule has 0 fully saturated rings. The van der Waals surface area contributed by atoms with Crippen molar-refractivity contribution in [3.63, 3.8) is 0 Å². The van der Waals surface area contributed by atoms with Crippen LogP contribution >= 0.6 is 23.4 Å². The molecule has 0 bridgehead atoms. The maximum atomic E-state index is 12.4. The lowest BCUT2D eigenvalue weighted by atomic mass is 10.4. The average molecular weight is 282 g/mol. The first-order valence-electron chi connectivity index (χ1n) is 4.10. The molecule has 0 aliphatic carbocycles. The number of hydrogen-bond donors (Lipinski definition) is 1. The SMILES string of the molecule is FC(F)(F)c1cc(Sc2ncn[nH]2)nc(Cl)n1. The van der Waals surface area contributed by atoms with Gasteiger partial charge in [0.15, 0.2) is 10.9 Å². The molecule has 2 rings (SSSR count). The molecule has 0 atom stereocenters. The van der Waals surface area contributed by atoms with Crippen LogP contribution in [0.2, 0.25) is 5.28 Å². The molecule has 0 unspecified atom stereocenters. The maximum absolute atomic E-state index is 12.4. The Morgan fingerprint density at radius 2 is 2.06 bits per heavy atom. The van der Waals surface area contributed by atoms with Crippen LogP contribution in [-0.2, 0) is 6.18 Å². The summed E-state index contributed by atoms with van der Waals surface area (Å²) in [6.45, 7) is 0. The Hall–Kier alpha value is -1.35. The zero-order chi connectivity index (χ0) is 12.5. The van der Waals surface area contributed by atoms with E-state index in [9.17, 15) is 13.2 Å². The van der Waals surface area contributed by atoms with Gasteiger partial charge in [0.1, 0.15) is 11.4 Å². The number of nitrogens with zero attached hydrogens (tertiary/aromatic N) is 4. The van der Waals surface area contributed by atoms with E-state index in [1.807, 2.05) is 0 Å². The van der Waals surface area contributed by atoms with Crippen molar-refractivity contribution in [1.82, 2.24) is 25.1 Å². The molecular formula is C7H3ClF3N5S. The van der Waals surface area contributed by atoms with Gasteiger partial charge in [-0.25, -0.2) is 15.0 Å². The fourth-order valence-electron chi connectivity index (χ4n) is 0.937. The fourth-order valence-corrected chi connectivity index (χ4v) is 1.87. The number of H-pyrrole nitrogens is 1. The topological polar surface area (TPSA) is 67.3 Å². The number of nitrogens with one attached hydrogen (secondary N) is 1. The Balaban J connectivity index is 2.32. The number of aromatic nitrogens is 5. The van der Waals surface area contributed by atoms with Crippen LogP contribution in [0.1, 0.15) is 5.69 Å². The van der Waals surface area contributed by atoms with Gasteiger partial charge in [-0.05, 0) is 23.4 Å². The molecule has 2 aromatic heterocycles. The van der Waals surface area contributed by atoms with Gasteiger partial charge >= 0.3 is 6.18 Å². The summed E-state index contributed by atoms with van der Waals surface area (Å²) in [6.07, 6.45) is -3.33. The fraction of sp³-hybridized carbons (Fsp3) is 0.143. The van der Waals surface area contributed by atoms with Crippen molar-refractivity contribution in [3.8, 4) is 0 Å². The lowest BCUT2D eigenvalue weighted by molar-refractivity contribution is -0.141. The molecule has 2 heterocycles. The van der Waals surface area contributed by atoms with Crippen molar-refractivity contribution in [1.29, 1.82) is 0 Å². The third-order valence-corrected chi connectivity index (χ3v) is 2.54. The molecule has 0 aliphatic rings. The molecule has 10 heteroatoms. The first kappa shape index (κ1) is 12.1. The zero-order valence-electron chi connectivity index (χ0n) is 7.86. The van der Waals surface area contributed by atoms with Crippen molar-refractivity contribution in [3.05, 3.63) is 23.4 Å². The molecule has 0 spiro atoms. The lowest BCUT2D eigenvalue weighted by Crippen LogP contribution is -2.09. The molecule has 0 radical (unpaired) electrons. The van der Waals surface area contributed by atoms with Crippen LogP contribution in [0.4, 0.5) is 13.2 Å². The van der Waals surface area contributed by atoms with E-state index in [4.69, 9.17) is 11.6 Å². The second-order valence-electron chi connectivity index (χ2n) is 2.75. The number of alkyl halides is 3. The van der Waals surface area contributed by atoms with Crippen molar-refractivity contribution < 1.29 is 13.2 Å². The summed E-state index contributed by atoms with van der Waals surface area (Å²) in [5.41, 5.74) is -1.10. The Morgan fingerprint density at radius 1 is 1.29 bits per heavy atom. The van der Waals surface area contributed by atoms with Crippen molar-refractivity contribution in [2.75, 3.05) is 0 Å². The average Bonchev–Trinajstić information content (AvgIpc) is 2.68. The van der Waals surface area contributed by atoms with Crippen molar-refractivity contribution in [2.24, 2.45) is 0 Å². The standard InChI is InChI=1S/C7H3ClF3N5S/c8-5-14-3(7(9,10)11)1-4(15-5)17-6-12-2-13-16-6/h1-2H,(H,12,13,16). The van der Waals surface area contributed by atoms with Crippen LogP contribution in [0.3, 0.4) is 0 Å². The first-order chi connectivity index (χ1) is 7.95. The van der Waals surface area contributed by atoms with Gasteiger partial charge in [0, 0.05) is 6.07 Å². The first-order valence-corrected chi connectivity index (χ1v) is 5.29. The Morgan fingerprint density at radius 3 is 2.65 bits per heavy atom. The highest BCUT2D eigenvalue weighted by molar-refractivity contribution is 7.99. The normalized spacial score (nSPS) is 11.8. The minimum atomic E-state index is -4.57. The van der Waals surface area contributed by atoms with E-state index in [-0.39, 0.29) is 5.03 Å². The minimum Gasteiger partial charge on any atom is -0.254 e. The van der Waals surface area contributed by atoms with Gasteiger partial charge in [0.2, 0.25) is 5.28 Å². The molecule has 5 nitrogen and oxygen atoms in total. The summed E-state index contributed by atoms with van der Waals surface area (Å²) < 4.78 is 37.3. The van der Waals surface area contributed by atoms with Gasteiger partial charge in [-0.2, -0.15) is 18.3 Å². The highest BCUT2D eigenvalue weighted by Gasteiger charge is 2.33. The third-order valence-electron chi connectivity index (χ3n) is 1.56. The Kier molecular flexibility index (Phi) is 3.20. The van der Waals surface area contributed by atoms with Crippen LogP contribution in [0.25, 0.3) is 0 Å². The van der Waals surface area contributed by atoms with Gasteiger partial charge < -0.3 is 0 Å². The summed E-state index contributed by atoms with van der Waals surface area (Å²) in [5.74, 6) is 0. The van der Waals surface area contributed by atoms with Crippen LogP contribution in [0.15, 0.2) is 22.6 Å². The van der Waals surface area contributed by atoms with Gasteiger partial charge in [0.05, 0.1) is 0 Å². The maximum Gasteiger partial charge on any atom is 0.433 e. The largest absolute Gasteiger partial charge is 0.433 e. The van der Waals surface area contributed by atoms with Gasteiger partial charge in [0.25, 0.3) is 0 Å². The summed E-state index contributed by atoms with van der Waals surface area (Å²) in [7, 11) is 0. The monoisotopic (exact) mass is 281 g/mol. The predicted octanol–water partition coefficient (Wildman–Crippen LogP) is 2.42. The van der Waals surface area contributed by atoms with Gasteiger partial charge in [-0.15, -0.1) is 0 Å². The Labute approximate surface area is 102 Å². The smallest absolute Gasteiger partial charge is 0.254 e. The molecule has 90 valence electrons. The number of halogens is 4. The molecule has 17 heavy (non-hydrogen) atoms. The van der Waals surface area contributed by atoms with E-state index in [1.54, 1.807) is 0 Å². The van der Waals surface area contributed by atoms with Crippen LogP contribution < -0.4 is 0 Å². The van der Waals surface area contributed by atoms with Crippen molar-refractivity contribution >= 4 is 23.4 Å². The molecular weight excluding hydrogens is 279 g/mol. The van der Waals surface area contributed by atoms with E-state index in [0.29, 0.717) is 5.16 Å². The second kappa shape index (κ2) is 4.49. The van der Waals surface area contributed by atoms with E-state index in [1.165, 1.54) is 6.33 Å². The highest BCUT2D eigenvalue weighted by Crippen LogP contribution is 2.31.